The molecule has 2 aromatic carbocycles. The predicted molar refractivity (Wildman–Crippen MR) is 114 cm³/mol. The molecule has 0 radical (unpaired) electrons. The van der Waals surface area contributed by atoms with E-state index >= 15 is 0 Å². The number of benzene rings is 2. The second-order valence-electron chi connectivity index (χ2n) is 6.66. The number of ether oxygens (including phenoxy) is 1. The predicted octanol–water partition coefficient (Wildman–Crippen LogP) is 2.87. The van der Waals surface area contributed by atoms with Gasteiger partial charge in [0, 0.05) is 25.3 Å². The van der Waals surface area contributed by atoms with Crippen LogP contribution in [0, 0.1) is 5.82 Å². The Bertz CT molecular complexity index is 966. The minimum absolute atomic E-state index is 0.0241. The summed E-state index contributed by atoms with van der Waals surface area (Å²) in [6.07, 6.45) is -0.376. The number of hydrogen-bond acceptors (Lipinski definition) is 6. The van der Waals surface area contributed by atoms with E-state index in [-0.39, 0.29) is 17.7 Å². The van der Waals surface area contributed by atoms with E-state index in [1.54, 1.807) is 30.3 Å². The van der Waals surface area contributed by atoms with Crippen LogP contribution in [0.2, 0.25) is 0 Å². The number of methoxy groups -OCH3 is 1. The second kappa shape index (κ2) is 11.3. The van der Waals surface area contributed by atoms with Crippen molar-refractivity contribution in [1.29, 1.82) is 0 Å². The van der Waals surface area contributed by atoms with Crippen molar-refractivity contribution in [2.24, 2.45) is 0 Å². The zero-order valence-corrected chi connectivity index (χ0v) is 17.8. The highest BCUT2D eigenvalue weighted by molar-refractivity contribution is 8.14. The summed E-state index contributed by atoms with van der Waals surface area (Å²) in [6.45, 7) is 1.24. The number of halogens is 1. The molecular weight excluding hydrogens is 425 g/mol. The van der Waals surface area contributed by atoms with Gasteiger partial charge < -0.3 is 15.2 Å². The zero-order valence-electron chi connectivity index (χ0n) is 17.0. The maximum absolute atomic E-state index is 14.0. The average molecular weight is 447 g/mol. The molecule has 0 bridgehead atoms. The van der Waals surface area contributed by atoms with Gasteiger partial charge in [0.05, 0.1) is 12.4 Å². The van der Waals surface area contributed by atoms with E-state index < -0.39 is 46.3 Å². The SMILES string of the molecule is COc1ccc(C(=O)C(CC(=O)N[C@@H](Cc2ccccc2)C(=O)O)SC(C)=O)cc1F. The molecule has 1 unspecified atom stereocenters. The quantitative estimate of drug-likeness (QED) is 0.539. The molecule has 2 aromatic rings. The van der Waals surface area contributed by atoms with Gasteiger partial charge in [-0.05, 0) is 23.8 Å². The number of ketones is 1. The second-order valence-corrected chi connectivity index (χ2v) is 8.04. The summed E-state index contributed by atoms with van der Waals surface area (Å²) >= 11 is 0.636. The van der Waals surface area contributed by atoms with Gasteiger partial charge in [-0.1, -0.05) is 42.1 Å². The molecule has 7 nitrogen and oxygen atoms in total. The molecule has 0 aliphatic rings. The van der Waals surface area contributed by atoms with Gasteiger partial charge in [-0.15, -0.1) is 0 Å². The third-order valence-corrected chi connectivity index (χ3v) is 5.32. The lowest BCUT2D eigenvalue weighted by Crippen LogP contribution is -2.43. The highest BCUT2D eigenvalue weighted by Crippen LogP contribution is 2.24. The third kappa shape index (κ3) is 7.21. The fraction of sp³-hybridized carbons (Fsp3) is 0.273. The minimum Gasteiger partial charge on any atom is -0.494 e. The fourth-order valence-corrected chi connectivity index (χ4v) is 3.74. The molecule has 0 spiro atoms. The highest BCUT2D eigenvalue weighted by atomic mass is 32.2. The molecule has 164 valence electrons. The van der Waals surface area contributed by atoms with E-state index in [1.165, 1.54) is 26.2 Å². The van der Waals surface area contributed by atoms with Crippen molar-refractivity contribution >= 4 is 34.5 Å². The van der Waals surface area contributed by atoms with Crippen molar-refractivity contribution in [2.45, 2.75) is 31.1 Å². The minimum atomic E-state index is -1.23. The number of carboxylic acids is 1. The summed E-state index contributed by atoms with van der Waals surface area (Å²) in [5.74, 6) is -3.35. The van der Waals surface area contributed by atoms with Crippen LogP contribution >= 0.6 is 11.8 Å². The van der Waals surface area contributed by atoms with Crippen LogP contribution in [0.1, 0.15) is 29.3 Å². The number of carbonyl (C=O) groups excluding carboxylic acids is 3. The Labute approximate surface area is 183 Å². The lowest BCUT2D eigenvalue weighted by atomic mass is 10.0. The lowest BCUT2D eigenvalue weighted by Gasteiger charge is -2.18. The van der Waals surface area contributed by atoms with E-state index in [1.807, 2.05) is 0 Å². The van der Waals surface area contributed by atoms with Crippen LogP contribution in [0.25, 0.3) is 0 Å². The fourth-order valence-electron chi connectivity index (χ4n) is 2.87. The van der Waals surface area contributed by atoms with Gasteiger partial charge in [0.15, 0.2) is 22.5 Å². The van der Waals surface area contributed by atoms with Crippen LogP contribution in [-0.2, 0) is 20.8 Å². The van der Waals surface area contributed by atoms with Gasteiger partial charge in [0.25, 0.3) is 0 Å². The van der Waals surface area contributed by atoms with Gasteiger partial charge in [-0.3, -0.25) is 14.4 Å². The molecule has 0 heterocycles. The monoisotopic (exact) mass is 447 g/mol. The van der Waals surface area contributed by atoms with Crippen LogP contribution in [0.15, 0.2) is 48.5 Å². The van der Waals surface area contributed by atoms with E-state index in [0.29, 0.717) is 11.8 Å². The Kier molecular flexibility index (Phi) is 8.75. The standard InChI is InChI=1S/C22H22FNO6S/c1-13(25)31-19(21(27)15-8-9-18(30-2)16(23)11-15)12-20(26)24-17(22(28)29)10-14-6-4-3-5-7-14/h3-9,11,17,19H,10,12H2,1-2H3,(H,24,26)(H,28,29)/t17-,19?/m0/s1. The lowest BCUT2D eigenvalue weighted by molar-refractivity contribution is -0.141. The average Bonchev–Trinajstić information content (AvgIpc) is 2.72. The topological polar surface area (TPSA) is 110 Å². The van der Waals surface area contributed by atoms with E-state index in [9.17, 15) is 28.7 Å². The van der Waals surface area contributed by atoms with Gasteiger partial charge in [0.2, 0.25) is 5.91 Å². The van der Waals surface area contributed by atoms with E-state index in [4.69, 9.17) is 4.74 Å². The van der Waals surface area contributed by atoms with Gasteiger partial charge >= 0.3 is 5.97 Å². The summed E-state index contributed by atoms with van der Waals surface area (Å²) in [5, 5.41) is 10.3. The van der Waals surface area contributed by atoms with Gasteiger partial charge in [0.1, 0.15) is 6.04 Å². The molecule has 2 N–H and O–H groups in total. The number of aliphatic carboxylic acids is 1. The van der Waals surface area contributed by atoms with Crippen molar-refractivity contribution in [3.63, 3.8) is 0 Å². The van der Waals surface area contributed by atoms with Crippen molar-refractivity contribution in [3.05, 3.63) is 65.5 Å². The largest absolute Gasteiger partial charge is 0.494 e. The molecule has 0 aliphatic heterocycles. The zero-order chi connectivity index (χ0) is 23.0. The molecule has 0 aromatic heterocycles. The van der Waals surface area contributed by atoms with Crippen LogP contribution in [0.3, 0.4) is 0 Å². The summed E-state index contributed by atoms with van der Waals surface area (Å²) in [4.78, 5) is 48.5. The first kappa shape index (κ1) is 24.1. The molecule has 0 saturated heterocycles. The van der Waals surface area contributed by atoms with Crippen molar-refractivity contribution < 1.29 is 33.4 Å². The molecule has 0 saturated carbocycles. The Morgan fingerprint density at radius 3 is 2.35 bits per heavy atom. The highest BCUT2D eigenvalue weighted by Gasteiger charge is 2.28. The Balaban J connectivity index is 2.14. The molecule has 0 aliphatic carbocycles. The number of Topliss-reactive ketones (excluding diaryl/α,β-unsaturated/α-hetero) is 1. The molecule has 2 atom stereocenters. The van der Waals surface area contributed by atoms with Crippen molar-refractivity contribution in [1.82, 2.24) is 5.32 Å². The van der Waals surface area contributed by atoms with Crippen LogP contribution in [0.5, 0.6) is 5.75 Å². The third-order valence-electron chi connectivity index (χ3n) is 4.32. The van der Waals surface area contributed by atoms with Crippen LogP contribution < -0.4 is 10.1 Å². The van der Waals surface area contributed by atoms with Crippen LogP contribution in [0.4, 0.5) is 4.39 Å². The Morgan fingerprint density at radius 1 is 1.13 bits per heavy atom. The number of hydrogen-bond donors (Lipinski definition) is 2. The van der Waals surface area contributed by atoms with Gasteiger partial charge in [-0.2, -0.15) is 0 Å². The molecule has 2 rings (SSSR count). The number of rotatable bonds is 10. The first-order valence-corrected chi connectivity index (χ1v) is 10.2. The number of amides is 1. The number of thioether (sulfide) groups is 1. The normalized spacial score (nSPS) is 12.5. The molecule has 9 heteroatoms. The summed E-state index contributed by atoms with van der Waals surface area (Å²) < 4.78 is 18.8. The first-order valence-electron chi connectivity index (χ1n) is 9.32. The summed E-state index contributed by atoms with van der Waals surface area (Å²) in [5.41, 5.74) is 0.693. The Hall–Kier alpha value is -3.20. The Morgan fingerprint density at radius 2 is 1.81 bits per heavy atom. The van der Waals surface area contributed by atoms with Gasteiger partial charge in [-0.25, -0.2) is 9.18 Å². The maximum Gasteiger partial charge on any atom is 0.326 e. The van der Waals surface area contributed by atoms with E-state index in [2.05, 4.69) is 5.32 Å². The molecule has 1 amide bonds. The summed E-state index contributed by atoms with van der Waals surface area (Å²) in [7, 11) is 1.28. The summed E-state index contributed by atoms with van der Waals surface area (Å²) in [6, 6.07) is 11.1. The van der Waals surface area contributed by atoms with E-state index in [0.717, 1.165) is 11.6 Å². The molecule has 0 fully saturated rings. The van der Waals surface area contributed by atoms with Crippen molar-refractivity contribution in [2.75, 3.05) is 7.11 Å². The maximum atomic E-state index is 14.0. The first-order chi connectivity index (χ1) is 14.7. The molecular formula is C22H22FNO6S. The number of carboxylic acid groups (broad SMARTS) is 1. The molecule has 31 heavy (non-hydrogen) atoms. The number of nitrogens with one attached hydrogen (secondary N) is 1. The smallest absolute Gasteiger partial charge is 0.326 e. The van der Waals surface area contributed by atoms with Crippen LogP contribution in [-0.4, -0.2) is 46.3 Å². The number of carbonyl (C=O) groups is 4. The van der Waals surface area contributed by atoms with Crippen molar-refractivity contribution in [3.8, 4) is 5.75 Å².